The second kappa shape index (κ2) is 11.1. The van der Waals surface area contributed by atoms with Crippen LogP contribution in [0.5, 0.6) is 17.4 Å². The molecule has 0 saturated carbocycles. The fourth-order valence-electron chi connectivity index (χ4n) is 5.19. The van der Waals surface area contributed by atoms with Crippen molar-refractivity contribution in [2.75, 3.05) is 37.0 Å². The van der Waals surface area contributed by atoms with Gasteiger partial charge in [-0.3, -0.25) is 4.79 Å². The standard InChI is InChI=1S/C29H33N5O4/c1-19-14-25(5-4-21(19)15-20(2)35)38-28-17-27(30-18-31-28)33-11-9-23(10-12-33)34-13-8-22-16-24(37-3)6-7-26(22)32-29(34)36/h4-7,14,16-18,23H,8-13,15H2,1-3H3,(H,32,36). The van der Waals surface area contributed by atoms with Crippen molar-refractivity contribution in [2.24, 2.45) is 0 Å². The number of hydrogen-bond donors (Lipinski definition) is 1. The summed E-state index contributed by atoms with van der Waals surface area (Å²) in [6, 6.07) is 13.5. The van der Waals surface area contributed by atoms with Crippen LogP contribution in [-0.2, 0) is 17.6 Å². The maximum absolute atomic E-state index is 13.0. The van der Waals surface area contributed by atoms with Crippen LogP contribution >= 0.6 is 0 Å². The molecule has 1 fully saturated rings. The van der Waals surface area contributed by atoms with Gasteiger partial charge in [0.15, 0.2) is 0 Å². The molecule has 9 nitrogen and oxygen atoms in total. The van der Waals surface area contributed by atoms with Crippen LogP contribution in [0.4, 0.5) is 16.3 Å². The molecule has 2 amide bonds. The Morgan fingerprint density at radius 1 is 1.05 bits per heavy atom. The number of aryl methyl sites for hydroxylation is 1. The van der Waals surface area contributed by atoms with Crippen LogP contribution in [0, 0.1) is 6.92 Å². The highest BCUT2D eigenvalue weighted by atomic mass is 16.5. The van der Waals surface area contributed by atoms with Gasteiger partial charge in [0.2, 0.25) is 5.88 Å². The van der Waals surface area contributed by atoms with Crippen LogP contribution in [0.15, 0.2) is 48.8 Å². The summed E-state index contributed by atoms with van der Waals surface area (Å²) in [6.45, 7) is 5.80. The van der Waals surface area contributed by atoms with E-state index in [1.165, 1.54) is 6.33 Å². The number of carbonyl (C=O) groups is 2. The SMILES string of the molecule is COc1ccc2c(c1)CCN(C1CCN(c3cc(Oc4ccc(CC(C)=O)c(C)c4)ncn3)CC1)C(=O)N2. The molecule has 1 aromatic heterocycles. The Kier molecular flexibility index (Phi) is 7.44. The molecule has 0 bridgehead atoms. The number of benzene rings is 2. The molecular weight excluding hydrogens is 482 g/mol. The molecular formula is C29H33N5O4. The van der Waals surface area contributed by atoms with E-state index in [1.807, 2.05) is 54.3 Å². The van der Waals surface area contributed by atoms with Crippen LogP contribution in [0.25, 0.3) is 0 Å². The lowest BCUT2D eigenvalue weighted by molar-refractivity contribution is -0.116. The van der Waals surface area contributed by atoms with Crippen molar-refractivity contribution < 1.29 is 19.1 Å². The van der Waals surface area contributed by atoms with Gasteiger partial charge in [0, 0.05) is 43.9 Å². The summed E-state index contributed by atoms with van der Waals surface area (Å²) >= 11 is 0. The molecule has 3 heterocycles. The molecule has 38 heavy (non-hydrogen) atoms. The van der Waals surface area contributed by atoms with Crippen molar-refractivity contribution in [2.45, 2.75) is 45.6 Å². The number of fused-ring (bicyclic) bond motifs is 1. The van der Waals surface area contributed by atoms with Crippen molar-refractivity contribution in [3.63, 3.8) is 0 Å². The molecule has 0 aliphatic carbocycles. The number of anilines is 2. The highest BCUT2D eigenvalue weighted by Gasteiger charge is 2.30. The van der Waals surface area contributed by atoms with E-state index in [4.69, 9.17) is 9.47 Å². The normalized spacial score (nSPS) is 15.9. The number of rotatable bonds is 7. The third kappa shape index (κ3) is 5.72. The first-order valence-electron chi connectivity index (χ1n) is 13.0. The Morgan fingerprint density at radius 2 is 1.84 bits per heavy atom. The van der Waals surface area contributed by atoms with Gasteiger partial charge in [0.1, 0.15) is 29.4 Å². The highest BCUT2D eigenvalue weighted by molar-refractivity contribution is 5.91. The number of Topliss-reactive ketones (excluding diaryl/α,β-unsaturated/α-hetero) is 1. The number of nitrogens with zero attached hydrogens (tertiary/aromatic N) is 4. The van der Waals surface area contributed by atoms with E-state index in [-0.39, 0.29) is 17.9 Å². The summed E-state index contributed by atoms with van der Waals surface area (Å²) in [5, 5.41) is 3.08. The third-order valence-corrected chi connectivity index (χ3v) is 7.27. The Morgan fingerprint density at radius 3 is 2.58 bits per heavy atom. The number of piperidine rings is 1. The van der Waals surface area contributed by atoms with Gasteiger partial charge in [-0.05, 0) is 80.1 Å². The van der Waals surface area contributed by atoms with Gasteiger partial charge in [-0.25, -0.2) is 14.8 Å². The second-order valence-electron chi connectivity index (χ2n) is 9.90. The van der Waals surface area contributed by atoms with Crippen LogP contribution in [0.3, 0.4) is 0 Å². The van der Waals surface area contributed by atoms with E-state index in [0.717, 1.165) is 66.3 Å². The minimum absolute atomic E-state index is 0.0466. The lowest BCUT2D eigenvalue weighted by Gasteiger charge is -2.38. The molecule has 1 saturated heterocycles. The number of aromatic nitrogens is 2. The minimum atomic E-state index is -0.0466. The van der Waals surface area contributed by atoms with E-state index < -0.39 is 0 Å². The Bertz CT molecular complexity index is 1340. The number of carbonyl (C=O) groups excluding carboxylic acids is 2. The first-order valence-corrected chi connectivity index (χ1v) is 13.0. The minimum Gasteiger partial charge on any atom is -0.497 e. The van der Waals surface area contributed by atoms with E-state index >= 15 is 0 Å². The summed E-state index contributed by atoms with van der Waals surface area (Å²) < 4.78 is 11.4. The van der Waals surface area contributed by atoms with Gasteiger partial charge >= 0.3 is 6.03 Å². The van der Waals surface area contributed by atoms with Gasteiger partial charge in [-0.1, -0.05) is 6.07 Å². The fourth-order valence-corrected chi connectivity index (χ4v) is 5.19. The van der Waals surface area contributed by atoms with Gasteiger partial charge in [-0.15, -0.1) is 0 Å². The van der Waals surface area contributed by atoms with E-state index in [2.05, 4.69) is 20.2 Å². The predicted molar refractivity (Wildman–Crippen MR) is 145 cm³/mol. The molecule has 1 N–H and O–H groups in total. The van der Waals surface area contributed by atoms with Crippen molar-refractivity contribution in [3.8, 4) is 17.4 Å². The van der Waals surface area contributed by atoms with Crippen molar-refractivity contribution in [3.05, 3.63) is 65.5 Å². The molecule has 9 heteroatoms. The molecule has 5 rings (SSSR count). The third-order valence-electron chi connectivity index (χ3n) is 7.27. The summed E-state index contributed by atoms with van der Waals surface area (Å²) in [7, 11) is 1.65. The lowest BCUT2D eigenvalue weighted by atomic mass is 10.0. The summed E-state index contributed by atoms with van der Waals surface area (Å²) in [4.78, 5) is 37.4. The van der Waals surface area contributed by atoms with Crippen LogP contribution in [-0.4, -0.2) is 59.5 Å². The number of ketones is 1. The Hall–Kier alpha value is -4.14. The van der Waals surface area contributed by atoms with Gasteiger partial charge in [0.05, 0.1) is 7.11 Å². The topological polar surface area (TPSA) is 96.9 Å². The average Bonchev–Trinajstić information content (AvgIpc) is 3.08. The molecule has 0 atom stereocenters. The van der Waals surface area contributed by atoms with Crippen LogP contribution < -0.4 is 19.7 Å². The fraction of sp³-hybridized carbons (Fsp3) is 0.379. The number of nitrogens with one attached hydrogen (secondary N) is 1. The van der Waals surface area contributed by atoms with E-state index in [9.17, 15) is 9.59 Å². The smallest absolute Gasteiger partial charge is 0.322 e. The zero-order chi connectivity index (χ0) is 26.6. The summed E-state index contributed by atoms with van der Waals surface area (Å²) in [6.07, 6.45) is 4.42. The first-order chi connectivity index (χ1) is 18.4. The molecule has 2 aliphatic heterocycles. The molecule has 0 unspecified atom stereocenters. The molecule has 3 aromatic rings. The Labute approximate surface area is 222 Å². The zero-order valence-corrected chi connectivity index (χ0v) is 22.1. The molecule has 0 radical (unpaired) electrons. The quantitative estimate of drug-likeness (QED) is 0.484. The van der Waals surface area contributed by atoms with Crippen molar-refractivity contribution >= 4 is 23.3 Å². The molecule has 2 aromatic carbocycles. The lowest BCUT2D eigenvalue weighted by Crippen LogP contribution is -2.49. The van der Waals surface area contributed by atoms with Crippen molar-refractivity contribution in [1.82, 2.24) is 14.9 Å². The van der Waals surface area contributed by atoms with Crippen LogP contribution in [0.2, 0.25) is 0 Å². The number of amides is 2. The molecule has 198 valence electrons. The van der Waals surface area contributed by atoms with Gasteiger partial charge < -0.3 is 24.6 Å². The highest BCUT2D eigenvalue weighted by Crippen LogP contribution is 2.30. The van der Waals surface area contributed by atoms with Gasteiger partial charge in [0.25, 0.3) is 0 Å². The summed E-state index contributed by atoms with van der Waals surface area (Å²) in [5.74, 6) is 2.87. The van der Waals surface area contributed by atoms with E-state index in [1.54, 1.807) is 14.0 Å². The average molecular weight is 516 g/mol. The summed E-state index contributed by atoms with van der Waals surface area (Å²) in [5.41, 5.74) is 3.95. The Balaban J connectivity index is 1.20. The number of urea groups is 1. The predicted octanol–water partition coefficient (Wildman–Crippen LogP) is 4.78. The second-order valence-corrected chi connectivity index (χ2v) is 9.90. The molecule has 2 aliphatic rings. The first kappa shape index (κ1) is 25.5. The monoisotopic (exact) mass is 515 g/mol. The number of hydrogen-bond acceptors (Lipinski definition) is 7. The largest absolute Gasteiger partial charge is 0.497 e. The number of ether oxygens (including phenoxy) is 2. The van der Waals surface area contributed by atoms with Crippen LogP contribution in [0.1, 0.15) is 36.5 Å². The van der Waals surface area contributed by atoms with Crippen molar-refractivity contribution in [1.29, 1.82) is 0 Å². The molecule has 0 spiro atoms. The van der Waals surface area contributed by atoms with E-state index in [0.29, 0.717) is 24.6 Å². The maximum Gasteiger partial charge on any atom is 0.322 e. The number of methoxy groups -OCH3 is 1. The van der Waals surface area contributed by atoms with Gasteiger partial charge in [-0.2, -0.15) is 0 Å². The maximum atomic E-state index is 13.0. The zero-order valence-electron chi connectivity index (χ0n) is 22.1.